The number of nitrogens with one attached hydrogen (secondary N) is 1. The maximum absolute atomic E-state index is 12.8. The predicted octanol–water partition coefficient (Wildman–Crippen LogP) is 1.68. The van der Waals surface area contributed by atoms with Gasteiger partial charge in [-0.2, -0.15) is 0 Å². The van der Waals surface area contributed by atoms with Gasteiger partial charge in [0.05, 0.1) is 5.41 Å². The third-order valence-corrected chi connectivity index (χ3v) is 7.07. The van der Waals surface area contributed by atoms with Gasteiger partial charge >= 0.3 is 0 Å². The Bertz CT molecular complexity index is 419. The highest BCUT2D eigenvalue weighted by Crippen LogP contribution is 2.58. The molecule has 3 saturated carbocycles. The van der Waals surface area contributed by atoms with Gasteiger partial charge in [0.25, 0.3) is 0 Å². The van der Waals surface area contributed by atoms with Crippen LogP contribution in [-0.2, 0) is 9.53 Å². The average molecular weight is 292 g/mol. The SMILES string of the molecule is NCC1(C(=O)NC2CC3CC2C2CCCC32)CCOCC1. The predicted molar refractivity (Wildman–Crippen MR) is 80.5 cm³/mol. The Hall–Kier alpha value is -0.610. The molecule has 4 fully saturated rings. The van der Waals surface area contributed by atoms with Crippen LogP contribution in [-0.4, -0.2) is 31.7 Å². The molecule has 1 saturated heterocycles. The Kier molecular flexibility index (Phi) is 3.49. The molecule has 1 aliphatic heterocycles. The van der Waals surface area contributed by atoms with Crippen molar-refractivity contribution in [3.63, 3.8) is 0 Å². The van der Waals surface area contributed by atoms with Gasteiger partial charge in [-0.15, -0.1) is 0 Å². The minimum Gasteiger partial charge on any atom is -0.381 e. The summed E-state index contributed by atoms with van der Waals surface area (Å²) in [6.45, 7) is 1.80. The van der Waals surface area contributed by atoms with Crippen LogP contribution in [0.25, 0.3) is 0 Å². The maximum atomic E-state index is 12.8. The van der Waals surface area contributed by atoms with E-state index in [9.17, 15) is 4.79 Å². The summed E-state index contributed by atoms with van der Waals surface area (Å²) < 4.78 is 5.42. The van der Waals surface area contributed by atoms with Gasteiger partial charge in [0.1, 0.15) is 0 Å². The highest BCUT2D eigenvalue weighted by atomic mass is 16.5. The van der Waals surface area contributed by atoms with Crippen LogP contribution in [0.1, 0.15) is 44.9 Å². The molecule has 0 radical (unpaired) electrons. The summed E-state index contributed by atoms with van der Waals surface area (Å²) in [4.78, 5) is 12.8. The number of hydrogen-bond acceptors (Lipinski definition) is 3. The standard InChI is InChI=1S/C17H28N2O2/c18-10-17(4-6-21-7-5-17)16(20)19-15-9-11-8-14(15)13-3-1-2-12(11)13/h11-15H,1-10,18H2,(H,19,20). The molecule has 0 aromatic heterocycles. The number of amides is 1. The molecule has 5 unspecified atom stereocenters. The first-order valence-electron chi connectivity index (χ1n) is 8.82. The molecule has 118 valence electrons. The van der Waals surface area contributed by atoms with Crippen molar-refractivity contribution in [2.45, 2.75) is 51.0 Å². The smallest absolute Gasteiger partial charge is 0.227 e. The van der Waals surface area contributed by atoms with Crippen molar-refractivity contribution in [3.8, 4) is 0 Å². The maximum Gasteiger partial charge on any atom is 0.227 e. The summed E-state index contributed by atoms with van der Waals surface area (Å²) in [5.41, 5.74) is 5.59. The molecule has 2 bridgehead atoms. The van der Waals surface area contributed by atoms with Crippen LogP contribution in [0, 0.1) is 29.1 Å². The number of rotatable bonds is 3. The van der Waals surface area contributed by atoms with E-state index in [1.807, 2.05) is 0 Å². The fourth-order valence-corrected chi connectivity index (χ4v) is 5.84. The zero-order valence-electron chi connectivity index (χ0n) is 12.9. The van der Waals surface area contributed by atoms with Gasteiger partial charge in [0.2, 0.25) is 5.91 Å². The molecule has 1 amide bonds. The van der Waals surface area contributed by atoms with E-state index in [2.05, 4.69) is 5.32 Å². The Morgan fingerprint density at radius 1 is 1.14 bits per heavy atom. The van der Waals surface area contributed by atoms with Crippen molar-refractivity contribution < 1.29 is 9.53 Å². The zero-order valence-corrected chi connectivity index (χ0v) is 12.9. The van der Waals surface area contributed by atoms with Crippen LogP contribution in [0.5, 0.6) is 0 Å². The number of fused-ring (bicyclic) bond motifs is 5. The third-order valence-electron chi connectivity index (χ3n) is 7.07. The third kappa shape index (κ3) is 2.14. The van der Waals surface area contributed by atoms with Crippen LogP contribution in [0.15, 0.2) is 0 Å². The largest absolute Gasteiger partial charge is 0.381 e. The second-order valence-electron chi connectivity index (χ2n) is 7.83. The lowest BCUT2D eigenvalue weighted by atomic mass is 9.76. The minimum absolute atomic E-state index is 0.209. The monoisotopic (exact) mass is 292 g/mol. The van der Waals surface area contributed by atoms with Gasteiger partial charge in [-0.1, -0.05) is 6.42 Å². The lowest BCUT2D eigenvalue weighted by Crippen LogP contribution is -2.53. The van der Waals surface area contributed by atoms with E-state index in [1.54, 1.807) is 0 Å². The second kappa shape index (κ2) is 5.24. The molecule has 4 rings (SSSR count). The molecule has 3 aliphatic carbocycles. The van der Waals surface area contributed by atoms with Crippen LogP contribution in [0.3, 0.4) is 0 Å². The van der Waals surface area contributed by atoms with E-state index in [4.69, 9.17) is 10.5 Å². The lowest BCUT2D eigenvalue weighted by molar-refractivity contribution is -0.137. The summed E-state index contributed by atoms with van der Waals surface area (Å²) >= 11 is 0. The minimum atomic E-state index is -0.366. The Morgan fingerprint density at radius 3 is 2.67 bits per heavy atom. The highest BCUT2D eigenvalue weighted by Gasteiger charge is 2.54. The molecule has 4 heteroatoms. The van der Waals surface area contributed by atoms with Gasteiger partial charge in [-0.25, -0.2) is 0 Å². The molecule has 3 N–H and O–H groups in total. The fraction of sp³-hybridized carbons (Fsp3) is 0.941. The summed E-state index contributed by atoms with van der Waals surface area (Å²) in [6, 6.07) is 0.424. The van der Waals surface area contributed by atoms with Crippen molar-refractivity contribution >= 4 is 5.91 Å². The molecule has 0 aromatic carbocycles. The number of hydrogen-bond donors (Lipinski definition) is 2. The van der Waals surface area contributed by atoms with E-state index in [0.717, 1.165) is 36.5 Å². The van der Waals surface area contributed by atoms with Gasteiger partial charge in [0.15, 0.2) is 0 Å². The quantitative estimate of drug-likeness (QED) is 0.832. The Morgan fingerprint density at radius 2 is 1.90 bits per heavy atom. The van der Waals surface area contributed by atoms with Gasteiger partial charge in [-0.3, -0.25) is 4.79 Å². The van der Waals surface area contributed by atoms with Gasteiger partial charge < -0.3 is 15.8 Å². The first kappa shape index (κ1) is 14.0. The Labute approximate surface area is 127 Å². The van der Waals surface area contributed by atoms with Gasteiger partial charge in [0, 0.05) is 25.8 Å². The molecule has 0 aromatic rings. The second-order valence-corrected chi connectivity index (χ2v) is 7.83. The number of nitrogens with two attached hydrogens (primary N) is 1. The summed E-state index contributed by atoms with van der Waals surface area (Å²) in [5, 5.41) is 3.41. The van der Waals surface area contributed by atoms with E-state index >= 15 is 0 Å². The summed E-state index contributed by atoms with van der Waals surface area (Å²) in [7, 11) is 0. The first-order valence-corrected chi connectivity index (χ1v) is 8.82. The van der Waals surface area contributed by atoms with Crippen molar-refractivity contribution in [3.05, 3.63) is 0 Å². The highest BCUT2D eigenvalue weighted by molar-refractivity contribution is 5.83. The van der Waals surface area contributed by atoms with Crippen LogP contribution < -0.4 is 11.1 Å². The molecule has 1 heterocycles. The molecule has 5 atom stereocenters. The van der Waals surface area contributed by atoms with E-state index in [-0.39, 0.29) is 11.3 Å². The lowest BCUT2D eigenvalue weighted by Gasteiger charge is -2.38. The number of carbonyl (C=O) groups excluding carboxylic acids is 1. The van der Waals surface area contributed by atoms with Crippen molar-refractivity contribution in [1.29, 1.82) is 0 Å². The van der Waals surface area contributed by atoms with E-state index in [1.165, 1.54) is 32.1 Å². The molecular formula is C17H28N2O2. The van der Waals surface area contributed by atoms with E-state index < -0.39 is 0 Å². The molecular weight excluding hydrogens is 264 g/mol. The van der Waals surface area contributed by atoms with Crippen LogP contribution in [0.2, 0.25) is 0 Å². The molecule has 0 spiro atoms. The summed E-state index contributed by atoms with van der Waals surface area (Å²) in [5.74, 6) is 3.73. The zero-order chi connectivity index (χ0) is 14.4. The van der Waals surface area contributed by atoms with Crippen molar-refractivity contribution in [2.24, 2.45) is 34.8 Å². The Balaban J connectivity index is 1.43. The summed E-state index contributed by atoms with van der Waals surface area (Å²) in [6.07, 6.45) is 8.38. The fourth-order valence-electron chi connectivity index (χ4n) is 5.84. The topological polar surface area (TPSA) is 64.4 Å². The normalized spacial score (nSPS) is 43.8. The number of ether oxygens (including phenoxy) is 1. The molecule has 21 heavy (non-hydrogen) atoms. The van der Waals surface area contributed by atoms with Crippen LogP contribution >= 0.6 is 0 Å². The van der Waals surface area contributed by atoms with E-state index in [0.29, 0.717) is 25.8 Å². The van der Waals surface area contributed by atoms with Crippen LogP contribution in [0.4, 0.5) is 0 Å². The first-order chi connectivity index (χ1) is 10.2. The van der Waals surface area contributed by atoms with Crippen molar-refractivity contribution in [2.75, 3.05) is 19.8 Å². The average Bonchev–Trinajstić information content (AvgIpc) is 3.20. The number of carbonyl (C=O) groups is 1. The van der Waals surface area contributed by atoms with Crippen molar-refractivity contribution in [1.82, 2.24) is 5.32 Å². The molecule has 4 aliphatic rings. The van der Waals surface area contributed by atoms with Gasteiger partial charge in [-0.05, 0) is 62.2 Å². The molecule has 4 nitrogen and oxygen atoms in total.